The molecule has 60 valence electrons. The maximum absolute atomic E-state index is 12.5. The van der Waals surface area contributed by atoms with Gasteiger partial charge in [-0.2, -0.15) is 0 Å². The highest BCUT2D eigenvalue weighted by Crippen LogP contribution is 2.21. The molecule has 0 fully saturated rings. The van der Waals surface area contributed by atoms with Crippen LogP contribution < -0.4 is 4.90 Å². The lowest BCUT2D eigenvalue weighted by molar-refractivity contribution is 0.432. The molecule has 1 aromatic carbocycles. The Kier molecular flexibility index (Phi) is 1.98. The third-order valence-electron chi connectivity index (χ3n) is 1.45. The van der Waals surface area contributed by atoms with E-state index in [1.54, 1.807) is 11.0 Å². The third kappa shape index (κ3) is 1.61. The maximum atomic E-state index is 12.5. The fourth-order valence-corrected chi connectivity index (χ4v) is 0.779. The van der Waals surface area contributed by atoms with Gasteiger partial charge in [-0.1, -0.05) is 0 Å². The molecule has 0 heterocycles. The molecule has 1 rings (SSSR count). The Morgan fingerprint density at radius 1 is 1.36 bits per heavy atom. The predicted molar refractivity (Wildman–Crippen MR) is 42.4 cm³/mol. The molecule has 0 saturated heterocycles. The summed E-state index contributed by atoms with van der Waals surface area (Å²) in [6.45, 7) is 0. The second-order valence-electron chi connectivity index (χ2n) is 2.53. The van der Waals surface area contributed by atoms with Crippen LogP contribution in [0, 0.1) is 5.82 Å². The molecule has 0 radical (unpaired) electrons. The summed E-state index contributed by atoms with van der Waals surface area (Å²) < 4.78 is 12.5. The Bertz CT molecular complexity index is 260. The molecule has 3 heteroatoms. The number of benzene rings is 1. The molecule has 0 amide bonds. The second-order valence-corrected chi connectivity index (χ2v) is 2.53. The quantitative estimate of drug-likeness (QED) is 0.665. The zero-order valence-electron chi connectivity index (χ0n) is 6.50. The van der Waals surface area contributed by atoms with Gasteiger partial charge in [0.2, 0.25) is 0 Å². The first kappa shape index (κ1) is 7.85. The molecule has 0 spiro atoms. The van der Waals surface area contributed by atoms with Crippen molar-refractivity contribution in [1.29, 1.82) is 0 Å². The van der Waals surface area contributed by atoms with Gasteiger partial charge in [0.05, 0.1) is 0 Å². The third-order valence-corrected chi connectivity index (χ3v) is 1.45. The minimum absolute atomic E-state index is 0.309. The van der Waals surface area contributed by atoms with Crippen LogP contribution in [0.4, 0.5) is 10.1 Å². The molecule has 0 aliphatic carbocycles. The van der Waals surface area contributed by atoms with E-state index in [1.165, 1.54) is 12.1 Å². The van der Waals surface area contributed by atoms with Crippen molar-refractivity contribution in [3.05, 3.63) is 24.0 Å². The van der Waals surface area contributed by atoms with Crippen LogP contribution >= 0.6 is 0 Å². The summed E-state index contributed by atoms with van der Waals surface area (Å²) in [5, 5.41) is 8.95. The topological polar surface area (TPSA) is 23.5 Å². The van der Waals surface area contributed by atoms with Crippen molar-refractivity contribution in [1.82, 2.24) is 0 Å². The largest absolute Gasteiger partial charge is 0.505 e. The van der Waals surface area contributed by atoms with Crippen LogP contribution in [0.15, 0.2) is 18.2 Å². The molecule has 0 atom stereocenters. The van der Waals surface area contributed by atoms with Crippen LogP contribution in [0.1, 0.15) is 0 Å². The highest BCUT2D eigenvalue weighted by atomic mass is 19.1. The minimum Gasteiger partial charge on any atom is -0.505 e. The van der Waals surface area contributed by atoms with Crippen LogP contribution in [0.25, 0.3) is 0 Å². The van der Waals surface area contributed by atoms with Gasteiger partial charge >= 0.3 is 0 Å². The smallest absolute Gasteiger partial charge is 0.164 e. The Balaban J connectivity index is 3.05. The average Bonchev–Trinajstić information content (AvgIpc) is 1.94. The van der Waals surface area contributed by atoms with Gasteiger partial charge in [0.15, 0.2) is 11.6 Å². The summed E-state index contributed by atoms with van der Waals surface area (Å²) >= 11 is 0. The van der Waals surface area contributed by atoms with Crippen molar-refractivity contribution in [3.8, 4) is 5.75 Å². The van der Waals surface area contributed by atoms with Gasteiger partial charge < -0.3 is 10.0 Å². The van der Waals surface area contributed by atoms with E-state index < -0.39 is 5.82 Å². The summed E-state index contributed by atoms with van der Waals surface area (Å²) in [6.07, 6.45) is 0. The van der Waals surface area contributed by atoms with Gasteiger partial charge in [-0.15, -0.1) is 0 Å². The Labute approximate surface area is 64.9 Å². The number of halogens is 1. The monoisotopic (exact) mass is 155 g/mol. The van der Waals surface area contributed by atoms with Crippen molar-refractivity contribution in [2.75, 3.05) is 19.0 Å². The van der Waals surface area contributed by atoms with Gasteiger partial charge in [-0.3, -0.25) is 0 Å². The average molecular weight is 155 g/mol. The molecule has 2 nitrogen and oxygen atoms in total. The van der Waals surface area contributed by atoms with Crippen molar-refractivity contribution >= 4 is 5.69 Å². The molecule has 0 aliphatic heterocycles. The Morgan fingerprint density at radius 2 is 2.00 bits per heavy atom. The fourth-order valence-electron chi connectivity index (χ4n) is 0.779. The van der Waals surface area contributed by atoms with Gasteiger partial charge in [-0.05, 0) is 12.1 Å². The van der Waals surface area contributed by atoms with E-state index in [9.17, 15) is 4.39 Å². The molecule has 0 bridgehead atoms. The molecule has 1 N–H and O–H groups in total. The molecule has 1 aromatic rings. The Morgan fingerprint density at radius 3 is 2.45 bits per heavy atom. The minimum atomic E-state index is -0.587. The van der Waals surface area contributed by atoms with E-state index >= 15 is 0 Å². The van der Waals surface area contributed by atoms with Gasteiger partial charge in [-0.25, -0.2) is 4.39 Å². The number of hydrogen-bond donors (Lipinski definition) is 1. The van der Waals surface area contributed by atoms with Crippen LogP contribution in [0.3, 0.4) is 0 Å². The number of phenolic OH excluding ortho intramolecular Hbond substituents is 1. The summed E-state index contributed by atoms with van der Waals surface area (Å²) in [4.78, 5) is 1.79. The van der Waals surface area contributed by atoms with Crippen molar-refractivity contribution < 1.29 is 9.50 Å². The molecular formula is C8H10FNO. The highest BCUT2D eigenvalue weighted by Gasteiger charge is 2.01. The normalized spacial score (nSPS) is 9.73. The fraction of sp³-hybridized carbons (Fsp3) is 0.250. The van der Waals surface area contributed by atoms with Crippen LogP contribution in [0.5, 0.6) is 5.75 Å². The molecule has 11 heavy (non-hydrogen) atoms. The van der Waals surface area contributed by atoms with E-state index in [1.807, 2.05) is 14.1 Å². The number of phenols is 1. The molecular weight excluding hydrogens is 145 g/mol. The van der Waals surface area contributed by atoms with E-state index in [0.29, 0.717) is 0 Å². The van der Waals surface area contributed by atoms with E-state index in [0.717, 1.165) is 5.69 Å². The number of hydrogen-bond acceptors (Lipinski definition) is 2. The van der Waals surface area contributed by atoms with Crippen LogP contribution in [-0.4, -0.2) is 19.2 Å². The van der Waals surface area contributed by atoms with E-state index in [2.05, 4.69) is 0 Å². The first-order valence-corrected chi connectivity index (χ1v) is 3.27. The lowest BCUT2D eigenvalue weighted by Gasteiger charge is -2.11. The van der Waals surface area contributed by atoms with Crippen molar-refractivity contribution in [3.63, 3.8) is 0 Å². The Hall–Kier alpha value is -1.25. The molecule has 0 aromatic heterocycles. The van der Waals surface area contributed by atoms with Crippen molar-refractivity contribution in [2.45, 2.75) is 0 Å². The number of aromatic hydroxyl groups is 1. The van der Waals surface area contributed by atoms with Crippen LogP contribution in [0.2, 0.25) is 0 Å². The molecule has 0 saturated carbocycles. The SMILES string of the molecule is CN(C)c1ccc(F)c(O)c1. The number of nitrogens with zero attached hydrogens (tertiary/aromatic N) is 1. The number of anilines is 1. The molecule has 0 unspecified atom stereocenters. The lowest BCUT2D eigenvalue weighted by Crippen LogP contribution is -2.08. The maximum Gasteiger partial charge on any atom is 0.164 e. The van der Waals surface area contributed by atoms with Gasteiger partial charge in [0.1, 0.15) is 0 Å². The highest BCUT2D eigenvalue weighted by molar-refractivity contribution is 5.49. The van der Waals surface area contributed by atoms with Crippen molar-refractivity contribution in [2.24, 2.45) is 0 Å². The zero-order chi connectivity index (χ0) is 8.43. The summed E-state index contributed by atoms with van der Waals surface area (Å²) in [5.41, 5.74) is 0.781. The molecule has 0 aliphatic rings. The van der Waals surface area contributed by atoms with Gasteiger partial charge in [0.25, 0.3) is 0 Å². The number of rotatable bonds is 1. The van der Waals surface area contributed by atoms with Gasteiger partial charge in [0, 0.05) is 25.8 Å². The standard InChI is InChI=1S/C8H10FNO/c1-10(2)6-3-4-7(9)8(11)5-6/h3-5,11H,1-2H3. The first-order valence-electron chi connectivity index (χ1n) is 3.27. The summed E-state index contributed by atoms with van der Waals surface area (Å²) in [5.74, 6) is -0.896. The summed E-state index contributed by atoms with van der Waals surface area (Å²) in [6, 6.07) is 4.23. The zero-order valence-corrected chi connectivity index (χ0v) is 6.50. The summed E-state index contributed by atoms with van der Waals surface area (Å²) in [7, 11) is 3.65. The van der Waals surface area contributed by atoms with E-state index in [-0.39, 0.29) is 5.75 Å². The second kappa shape index (κ2) is 2.78. The lowest BCUT2D eigenvalue weighted by atomic mass is 10.3. The van der Waals surface area contributed by atoms with E-state index in [4.69, 9.17) is 5.11 Å². The predicted octanol–water partition coefficient (Wildman–Crippen LogP) is 1.60. The van der Waals surface area contributed by atoms with Crippen LogP contribution in [-0.2, 0) is 0 Å². The first-order chi connectivity index (χ1) is 5.11.